The van der Waals surface area contributed by atoms with Crippen molar-refractivity contribution in [3.05, 3.63) is 29.8 Å². The van der Waals surface area contributed by atoms with E-state index in [-0.39, 0.29) is 42.8 Å². The van der Waals surface area contributed by atoms with Crippen LogP contribution in [0.25, 0.3) is 0 Å². The summed E-state index contributed by atoms with van der Waals surface area (Å²) < 4.78 is 31.8. The molecule has 0 fully saturated rings. The van der Waals surface area contributed by atoms with E-state index in [4.69, 9.17) is 10.5 Å². The molecular formula is C17H30ClN3O4S. The fourth-order valence-corrected chi connectivity index (χ4v) is 3.59. The minimum Gasteiger partial charge on any atom is -0.383 e. The lowest BCUT2D eigenvalue weighted by Crippen LogP contribution is -2.45. The van der Waals surface area contributed by atoms with E-state index in [1.54, 1.807) is 18.2 Å². The van der Waals surface area contributed by atoms with Gasteiger partial charge in [-0.3, -0.25) is 4.79 Å². The monoisotopic (exact) mass is 407 g/mol. The number of hydrogen-bond acceptors (Lipinski definition) is 5. The summed E-state index contributed by atoms with van der Waals surface area (Å²) in [4.78, 5) is 12.6. The third kappa shape index (κ3) is 6.51. The number of nitrogens with two attached hydrogens (primary N) is 1. The molecule has 0 heterocycles. The van der Waals surface area contributed by atoms with E-state index >= 15 is 0 Å². The molecule has 1 aromatic carbocycles. The minimum absolute atomic E-state index is 0. The zero-order valence-electron chi connectivity index (χ0n) is 15.6. The summed E-state index contributed by atoms with van der Waals surface area (Å²) in [7, 11) is -2.09. The van der Waals surface area contributed by atoms with Gasteiger partial charge in [0, 0.05) is 26.7 Å². The highest BCUT2D eigenvalue weighted by molar-refractivity contribution is 7.89. The quantitative estimate of drug-likeness (QED) is 0.480. The van der Waals surface area contributed by atoms with Gasteiger partial charge in [0.2, 0.25) is 15.9 Å². The molecule has 0 radical (unpaired) electrons. The molecule has 0 unspecified atom stereocenters. The summed E-state index contributed by atoms with van der Waals surface area (Å²) in [6.07, 6.45) is 1.31. The highest BCUT2D eigenvalue weighted by Gasteiger charge is 2.32. The molecule has 0 saturated heterocycles. The number of methoxy groups -OCH3 is 1. The molecule has 1 rings (SSSR count). The van der Waals surface area contributed by atoms with Gasteiger partial charge >= 0.3 is 0 Å². The molecule has 0 bridgehead atoms. The van der Waals surface area contributed by atoms with Gasteiger partial charge in [0.25, 0.3) is 0 Å². The Kier molecular flexibility index (Phi) is 11.0. The molecule has 0 saturated carbocycles. The standard InChI is InChI=1S/C17H29N3O4S.ClH/c1-4-17(5-2,13-18)16(21)19-12-14-7-6-8-15(11-14)25(22,23)20-9-10-24-3;/h6-8,11,20H,4-5,9-10,12-13,18H2,1-3H3,(H,19,21);1H. The van der Waals surface area contributed by atoms with Crippen LogP contribution in [0, 0.1) is 5.41 Å². The van der Waals surface area contributed by atoms with Gasteiger partial charge in [-0.2, -0.15) is 0 Å². The first-order valence-corrected chi connectivity index (χ1v) is 9.89. The Balaban J connectivity index is 0.00000625. The Bertz CT molecular complexity index is 655. The molecule has 0 aromatic heterocycles. The van der Waals surface area contributed by atoms with Gasteiger partial charge < -0.3 is 15.8 Å². The van der Waals surface area contributed by atoms with Gasteiger partial charge in [0.1, 0.15) is 0 Å². The highest BCUT2D eigenvalue weighted by Crippen LogP contribution is 2.25. The van der Waals surface area contributed by atoms with Crippen LogP contribution in [0.3, 0.4) is 0 Å². The van der Waals surface area contributed by atoms with E-state index in [0.717, 1.165) is 0 Å². The van der Waals surface area contributed by atoms with Gasteiger partial charge in [0.15, 0.2) is 0 Å². The van der Waals surface area contributed by atoms with Gasteiger partial charge in [-0.1, -0.05) is 26.0 Å². The van der Waals surface area contributed by atoms with E-state index in [2.05, 4.69) is 10.0 Å². The lowest BCUT2D eigenvalue weighted by molar-refractivity contribution is -0.131. The van der Waals surface area contributed by atoms with Crippen molar-refractivity contribution in [3.8, 4) is 0 Å². The molecule has 26 heavy (non-hydrogen) atoms. The molecule has 150 valence electrons. The van der Waals surface area contributed by atoms with Crippen molar-refractivity contribution in [2.24, 2.45) is 11.1 Å². The topological polar surface area (TPSA) is 111 Å². The van der Waals surface area contributed by atoms with Crippen molar-refractivity contribution < 1.29 is 17.9 Å². The lowest BCUT2D eigenvalue weighted by atomic mass is 9.81. The smallest absolute Gasteiger partial charge is 0.240 e. The van der Waals surface area contributed by atoms with Crippen LogP contribution in [0.4, 0.5) is 0 Å². The number of ether oxygens (including phenoxy) is 1. The molecule has 0 aliphatic heterocycles. The maximum absolute atomic E-state index is 12.5. The number of benzene rings is 1. The third-order valence-electron chi connectivity index (χ3n) is 4.49. The second-order valence-corrected chi connectivity index (χ2v) is 7.68. The number of hydrogen-bond donors (Lipinski definition) is 3. The van der Waals surface area contributed by atoms with Crippen LogP contribution < -0.4 is 15.8 Å². The van der Waals surface area contributed by atoms with Crippen molar-refractivity contribution in [1.29, 1.82) is 0 Å². The molecule has 9 heteroatoms. The van der Waals surface area contributed by atoms with E-state index in [9.17, 15) is 13.2 Å². The van der Waals surface area contributed by atoms with Crippen molar-refractivity contribution >= 4 is 28.3 Å². The van der Waals surface area contributed by atoms with Crippen LogP contribution in [0.5, 0.6) is 0 Å². The Labute approximate surface area is 162 Å². The molecule has 0 spiro atoms. The summed E-state index contributed by atoms with van der Waals surface area (Å²) in [5.74, 6) is -0.105. The minimum atomic E-state index is -3.60. The highest BCUT2D eigenvalue weighted by atomic mass is 35.5. The van der Waals surface area contributed by atoms with Gasteiger partial charge in [-0.05, 0) is 30.5 Å². The fourth-order valence-electron chi connectivity index (χ4n) is 2.51. The summed E-state index contributed by atoms with van der Waals surface area (Å²) in [6.45, 7) is 4.91. The van der Waals surface area contributed by atoms with Crippen LogP contribution in [-0.4, -0.2) is 41.1 Å². The Morgan fingerprint density at radius 1 is 1.27 bits per heavy atom. The van der Waals surface area contributed by atoms with Crippen LogP contribution in [0.15, 0.2) is 29.2 Å². The summed E-state index contributed by atoms with van der Waals surface area (Å²) in [5.41, 5.74) is 5.91. The molecule has 1 aromatic rings. The molecule has 0 aliphatic rings. The Hall–Kier alpha value is -1.19. The van der Waals surface area contributed by atoms with E-state index in [0.29, 0.717) is 25.0 Å². The number of nitrogens with one attached hydrogen (secondary N) is 2. The predicted octanol–water partition coefficient (Wildman–Crippen LogP) is 1.41. The fraction of sp³-hybridized carbons (Fsp3) is 0.588. The van der Waals surface area contributed by atoms with Crippen molar-refractivity contribution in [1.82, 2.24) is 10.0 Å². The second-order valence-electron chi connectivity index (χ2n) is 5.91. The lowest BCUT2D eigenvalue weighted by Gasteiger charge is -2.28. The van der Waals surface area contributed by atoms with Crippen molar-refractivity contribution in [2.45, 2.75) is 38.1 Å². The Morgan fingerprint density at radius 3 is 2.46 bits per heavy atom. The van der Waals surface area contributed by atoms with Gasteiger partial charge in [-0.25, -0.2) is 13.1 Å². The number of amides is 1. The molecule has 0 atom stereocenters. The molecule has 0 aliphatic carbocycles. The first-order valence-electron chi connectivity index (χ1n) is 8.41. The average molecular weight is 408 g/mol. The summed E-state index contributed by atoms with van der Waals surface area (Å²) in [6, 6.07) is 6.50. The third-order valence-corrected chi connectivity index (χ3v) is 5.94. The molecule has 7 nitrogen and oxygen atoms in total. The number of carbonyl (C=O) groups is 1. The predicted molar refractivity (Wildman–Crippen MR) is 105 cm³/mol. The van der Waals surface area contributed by atoms with Crippen molar-refractivity contribution in [2.75, 3.05) is 26.8 Å². The zero-order valence-corrected chi connectivity index (χ0v) is 17.2. The zero-order chi connectivity index (χ0) is 18.9. The number of sulfonamides is 1. The molecular weight excluding hydrogens is 378 g/mol. The average Bonchev–Trinajstić information content (AvgIpc) is 2.62. The maximum atomic E-state index is 12.5. The molecule has 4 N–H and O–H groups in total. The van der Waals surface area contributed by atoms with E-state index < -0.39 is 15.4 Å². The van der Waals surface area contributed by atoms with Crippen LogP contribution in [-0.2, 0) is 26.1 Å². The van der Waals surface area contributed by atoms with Gasteiger partial charge in [0.05, 0.1) is 16.9 Å². The van der Waals surface area contributed by atoms with Crippen LogP contribution in [0.2, 0.25) is 0 Å². The largest absolute Gasteiger partial charge is 0.383 e. The summed E-state index contributed by atoms with van der Waals surface area (Å²) >= 11 is 0. The van der Waals surface area contributed by atoms with E-state index in [1.807, 2.05) is 13.8 Å². The number of carbonyl (C=O) groups excluding carboxylic acids is 1. The molecule has 1 amide bonds. The maximum Gasteiger partial charge on any atom is 0.240 e. The van der Waals surface area contributed by atoms with E-state index in [1.165, 1.54) is 13.2 Å². The second kappa shape index (κ2) is 11.5. The first-order chi connectivity index (χ1) is 11.8. The number of halogens is 1. The first kappa shape index (κ1) is 24.8. The van der Waals surface area contributed by atoms with Crippen LogP contribution >= 0.6 is 12.4 Å². The normalized spacial score (nSPS) is 11.7. The Morgan fingerprint density at radius 2 is 1.92 bits per heavy atom. The van der Waals surface area contributed by atoms with Gasteiger partial charge in [-0.15, -0.1) is 12.4 Å². The number of rotatable bonds is 11. The van der Waals surface area contributed by atoms with Crippen LogP contribution in [0.1, 0.15) is 32.3 Å². The SMILES string of the molecule is CCC(CC)(CN)C(=O)NCc1cccc(S(=O)(=O)NCCOC)c1.Cl. The van der Waals surface area contributed by atoms with Crippen molar-refractivity contribution in [3.63, 3.8) is 0 Å². The summed E-state index contributed by atoms with van der Waals surface area (Å²) in [5, 5.41) is 2.87.